The Hall–Kier alpha value is -1.66. The molecule has 6 N–H and O–H groups in total. The van der Waals surface area contributed by atoms with Gasteiger partial charge in [-0.15, -0.1) is 0 Å². The summed E-state index contributed by atoms with van der Waals surface area (Å²) in [7, 11) is 0. The molecule has 0 spiro atoms. The van der Waals surface area contributed by atoms with Crippen LogP contribution in [0.3, 0.4) is 0 Å². The minimum atomic E-state index is -0.963. The number of carboxylic acid groups (broad SMARTS) is 1. The largest absolute Gasteiger partial charge is 0.478 e. The number of aliphatic carboxylic acids is 1. The summed E-state index contributed by atoms with van der Waals surface area (Å²) in [4.78, 5) is 16.4. The van der Waals surface area contributed by atoms with E-state index in [1.807, 2.05) is 0 Å². The molecule has 1 aromatic rings. The number of aromatic amines is 1. The number of H-pyrrole nitrogens is 1. The summed E-state index contributed by atoms with van der Waals surface area (Å²) >= 11 is 0. The van der Waals surface area contributed by atoms with E-state index in [2.05, 4.69) is 9.97 Å². The number of rotatable bonds is 2. The standard InChI is InChI=1S/C6H6N2O2.2H2O/c9-6(10)2-1-5-3-7-4-8-5;;/h1-4H,(H,7,8)(H,9,10);2*1H2/b2-1+;;. The number of carbonyl (C=O) groups is 1. The van der Waals surface area contributed by atoms with Crippen LogP contribution in [0.25, 0.3) is 6.08 Å². The zero-order valence-electron chi connectivity index (χ0n) is 6.11. The predicted octanol–water partition coefficient (Wildman–Crippen LogP) is -1.14. The third-order valence-electron chi connectivity index (χ3n) is 0.925. The molecule has 0 saturated heterocycles. The van der Waals surface area contributed by atoms with Crippen LogP contribution in [-0.2, 0) is 4.79 Å². The van der Waals surface area contributed by atoms with Crippen molar-refractivity contribution < 1.29 is 20.9 Å². The van der Waals surface area contributed by atoms with E-state index in [1.54, 1.807) is 6.20 Å². The van der Waals surface area contributed by atoms with Crippen molar-refractivity contribution in [2.45, 2.75) is 0 Å². The number of imidazole rings is 1. The third kappa shape index (κ3) is 4.20. The highest BCUT2D eigenvalue weighted by molar-refractivity contribution is 5.84. The monoisotopic (exact) mass is 174 g/mol. The molecule has 0 unspecified atom stereocenters. The maximum atomic E-state index is 9.97. The highest BCUT2D eigenvalue weighted by Gasteiger charge is 1.87. The highest BCUT2D eigenvalue weighted by atomic mass is 16.4. The summed E-state index contributed by atoms with van der Waals surface area (Å²) < 4.78 is 0. The van der Waals surface area contributed by atoms with E-state index in [-0.39, 0.29) is 11.0 Å². The molecule has 0 aliphatic heterocycles. The van der Waals surface area contributed by atoms with Crippen LogP contribution in [0.1, 0.15) is 5.69 Å². The van der Waals surface area contributed by atoms with E-state index in [4.69, 9.17) is 5.11 Å². The van der Waals surface area contributed by atoms with E-state index in [0.29, 0.717) is 5.69 Å². The molecule has 0 amide bonds. The Labute approximate surface area is 68.2 Å². The van der Waals surface area contributed by atoms with Crippen LogP contribution in [-0.4, -0.2) is 32.0 Å². The molecule has 68 valence electrons. The van der Waals surface area contributed by atoms with Crippen molar-refractivity contribution in [3.63, 3.8) is 0 Å². The van der Waals surface area contributed by atoms with Gasteiger partial charge in [0.25, 0.3) is 0 Å². The average molecular weight is 174 g/mol. The van der Waals surface area contributed by atoms with Crippen LogP contribution in [0, 0.1) is 0 Å². The van der Waals surface area contributed by atoms with Gasteiger partial charge in [-0.2, -0.15) is 0 Å². The zero-order valence-corrected chi connectivity index (χ0v) is 6.11. The number of carboxylic acids is 1. The van der Waals surface area contributed by atoms with E-state index in [1.165, 1.54) is 12.4 Å². The van der Waals surface area contributed by atoms with Crippen molar-refractivity contribution in [3.8, 4) is 0 Å². The van der Waals surface area contributed by atoms with Gasteiger partial charge in [0.05, 0.1) is 18.2 Å². The lowest BCUT2D eigenvalue weighted by Crippen LogP contribution is -1.85. The van der Waals surface area contributed by atoms with Gasteiger partial charge < -0.3 is 21.0 Å². The van der Waals surface area contributed by atoms with Crippen LogP contribution in [0.15, 0.2) is 18.6 Å². The molecule has 0 aromatic carbocycles. The molecule has 0 saturated carbocycles. The Balaban J connectivity index is 0. The summed E-state index contributed by atoms with van der Waals surface area (Å²) in [5.41, 5.74) is 0.683. The molecular formula is C6H10N2O4. The highest BCUT2D eigenvalue weighted by Crippen LogP contribution is 1.92. The Bertz CT molecular complexity index is 242. The van der Waals surface area contributed by atoms with Crippen LogP contribution in [0.5, 0.6) is 0 Å². The average Bonchev–Trinajstić information content (AvgIpc) is 2.34. The number of nitrogens with zero attached hydrogens (tertiary/aromatic N) is 1. The molecule has 12 heavy (non-hydrogen) atoms. The zero-order chi connectivity index (χ0) is 7.40. The SMILES string of the molecule is O.O.O=C(O)/C=C/c1cnc[nH]1. The van der Waals surface area contributed by atoms with Crippen LogP contribution < -0.4 is 0 Å². The number of aromatic nitrogens is 2. The molecule has 6 nitrogen and oxygen atoms in total. The summed E-state index contributed by atoms with van der Waals surface area (Å²) in [5.74, 6) is -0.963. The Morgan fingerprint density at radius 3 is 2.67 bits per heavy atom. The van der Waals surface area contributed by atoms with E-state index >= 15 is 0 Å². The Kier molecular flexibility index (Phi) is 6.57. The third-order valence-corrected chi connectivity index (χ3v) is 0.925. The van der Waals surface area contributed by atoms with E-state index in [0.717, 1.165) is 6.08 Å². The normalized spacial score (nSPS) is 8.67. The van der Waals surface area contributed by atoms with Crippen LogP contribution >= 0.6 is 0 Å². The lowest BCUT2D eigenvalue weighted by Gasteiger charge is -1.79. The maximum Gasteiger partial charge on any atom is 0.328 e. The molecule has 6 heteroatoms. The van der Waals surface area contributed by atoms with Gasteiger partial charge in [0.1, 0.15) is 0 Å². The number of hydrogen-bond acceptors (Lipinski definition) is 2. The van der Waals surface area contributed by atoms with Crippen molar-refractivity contribution in [3.05, 3.63) is 24.3 Å². The van der Waals surface area contributed by atoms with E-state index < -0.39 is 5.97 Å². The first-order valence-corrected chi connectivity index (χ1v) is 2.68. The number of nitrogens with one attached hydrogen (secondary N) is 1. The molecule has 1 rings (SSSR count). The molecule has 0 fully saturated rings. The van der Waals surface area contributed by atoms with Gasteiger partial charge in [-0.3, -0.25) is 0 Å². The summed E-state index contributed by atoms with van der Waals surface area (Å²) in [6.07, 6.45) is 5.52. The molecule has 1 heterocycles. The van der Waals surface area contributed by atoms with Crippen molar-refractivity contribution in [2.24, 2.45) is 0 Å². The molecule has 0 aliphatic carbocycles. The fraction of sp³-hybridized carbons (Fsp3) is 0. The van der Waals surface area contributed by atoms with Crippen molar-refractivity contribution in [1.82, 2.24) is 9.97 Å². The second kappa shape index (κ2) is 6.08. The lowest BCUT2D eigenvalue weighted by molar-refractivity contribution is -0.131. The van der Waals surface area contributed by atoms with Gasteiger partial charge in [-0.05, 0) is 6.08 Å². The summed E-state index contributed by atoms with van der Waals surface area (Å²) in [6, 6.07) is 0. The quantitative estimate of drug-likeness (QED) is 0.549. The first-order chi connectivity index (χ1) is 4.79. The molecule has 0 aliphatic rings. The van der Waals surface area contributed by atoms with Gasteiger partial charge in [-0.1, -0.05) is 0 Å². The molecular weight excluding hydrogens is 164 g/mol. The first-order valence-electron chi connectivity index (χ1n) is 2.68. The summed E-state index contributed by atoms with van der Waals surface area (Å²) in [6.45, 7) is 0. The van der Waals surface area contributed by atoms with Crippen molar-refractivity contribution in [1.29, 1.82) is 0 Å². The van der Waals surface area contributed by atoms with E-state index in [9.17, 15) is 4.79 Å². The minimum absolute atomic E-state index is 0. The molecule has 0 radical (unpaired) electrons. The molecule has 1 aromatic heterocycles. The van der Waals surface area contributed by atoms with Crippen LogP contribution in [0.4, 0.5) is 0 Å². The van der Waals surface area contributed by atoms with Gasteiger partial charge in [0.15, 0.2) is 0 Å². The lowest BCUT2D eigenvalue weighted by atomic mass is 10.4. The van der Waals surface area contributed by atoms with Gasteiger partial charge >= 0.3 is 5.97 Å². The number of hydrogen-bond donors (Lipinski definition) is 2. The smallest absolute Gasteiger partial charge is 0.328 e. The van der Waals surface area contributed by atoms with Gasteiger partial charge in [0, 0.05) is 6.08 Å². The Morgan fingerprint density at radius 1 is 1.58 bits per heavy atom. The molecule has 0 bridgehead atoms. The minimum Gasteiger partial charge on any atom is -0.478 e. The fourth-order valence-electron chi connectivity index (χ4n) is 0.519. The Morgan fingerprint density at radius 2 is 2.25 bits per heavy atom. The van der Waals surface area contributed by atoms with Gasteiger partial charge in [-0.25, -0.2) is 9.78 Å². The van der Waals surface area contributed by atoms with Gasteiger partial charge in [0.2, 0.25) is 0 Å². The van der Waals surface area contributed by atoms with Crippen LogP contribution in [0.2, 0.25) is 0 Å². The second-order valence-corrected chi connectivity index (χ2v) is 1.68. The second-order valence-electron chi connectivity index (χ2n) is 1.68. The first kappa shape index (κ1) is 13.0. The maximum absolute atomic E-state index is 9.97. The fourth-order valence-corrected chi connectivity index (χ4v) is 0.519. The van der Waals surface area contributed by atoms with Crippen molar-refractivity contribution >= 4 is 12.0 Å². The van der Waals surface area contributed by atoms with Crippen molar-refractivity contribution in [2.75, 3.05) is 0 Å². The molecule has 0 atom stereocenters. The predicted molar refractivity (Wildman–Crippen MR) is 42.5 cm³/mol. The summed E-state index contributed by atoms with van der Waals surface area (Å²) in [5, 5.41) is 8.19. The topological polar surface area (TPSA) is 129 Å².